The number of benzene rings is 1. The summed E-state index contributed by atoms with van der Waals surface area (Å²) < 4.78 is 11.1. The van der Waals surface area contributed by atoms with E-state index in [1.165, 1.54) is 10.4 Å². The highest BCUT2D eigenvalue weighted by Gasteiger charge is 2.27. The summed E-state index contributed by atoms with van der Waals surface area (Å²) in [4.78, 5) is 6.41. The molecule has 28 heavy (non-hydrogen) atoms. The van der Waals surface area contributed by atoms with Crippen molar-refractivity contribution in [2.45, 2.75) is 39.1 Å². The molecule has 1 fully saturated rings. The number of rotatable bonds is 10. The van der Waals surface area contributed by atoms with Gasteiger partial charge in [0.1, 0.15) is 5.75 Å². The molecule has 1 atom stereocenters. The van der Waals surface area contributed by atoms with Crippen LogP contribution < -0.4 is 4.74 Å². The van der Waals surface area contributed by atoms with Gasteiger partial charge in [-0.2, -0.15) is 0 Å². The molecule has 2 heterocycles. The molecule has 0 bridgehead atoms. The van der Waals surface area contributed by atoms with Crippen molar-refractivity contribution in [3.8, 4) is 5.75 Å². The van der Waals surface area contributed by atoms with E-state index in [0.717, 1.165) is 50.5 Å². The fourth-order valence-electron chi connectivity index (χ4n) is 3.85. The Balaban J connectivity index is 1.63. The summed E-state index contributed by atoms with van der Waals surface area (Å²) in [5.74, 6) is 0.885. The summed E-state index contributed by atoms with van der Waals surface area (Å²) in [7, 11) is 1.71. The van der Waals surface area contributed by atoms with Gasteiger partial charge in [-0.15, -0.1) is 11.3 Å². The highest BCUT2D eigenvalue weighted by Crippen LogP contribution is 2.24. The van der Waals surface area contributed by atoms with Gasteiger partial charge < -0.3 is 14.6 Å². The molecule has 0 amide bonds. The molecule has 2 aromatic rings. The van der Waals surface area contributed by atoms with Crippen LogP contribution in [0.4, 0.5) is 0 Å². The van der Waals surface area contributed by atoms with Gasteiger partial charge in [0.2, 0.25) is 0 Å². The summed E-state index contributed by atoms with van der Waals surface area (Å²) in [5, 5.41) is 11.7. The number of nitrogens with zero attached hydrogens (tertiary/aromatic N) is 2. The lowest BCUT2D eigenvalue weighted by atomic mass is 10.1. The summed E-state index contributed by atoms with van der Waals surface area (Å²) >= 11 is 1.81. The van der Waals surface area contributed by atoms with Crippen molar-refractivity contribution in [2.24, 2.45) is 0 Å². The van der Waals surface area contributed by atoms with E-state index in [1.54, 1.807) is 7.11 Å². The maximum Gasteiger partial charge on any atom is 0.124 e. The van der Waals surface area contributed by atoms with E-state index in [0.29, 0.717) is 19.3 Å². The molecule has 0 aliphatic carbocycles. The van der Waals surface area contributed by atoms with Crippen LogP contribution in [0, 0.1) is 0 Å². The Kier molecular flexibility index (Phi) is 8.30. The average molecular weight is 405 g/mol. The van der Waals surface area contributed by atoms with E-state index in [1.807, 2.05) is 24.3 Å². The lowest BCUT2D eigenvalue weighted by Crippen LogP contribution is -2.52. The van der Waals surface area contributed by atoms with Crippen molar-refractivity contribution in [2.75, 3.05) is 40.0 Å². The van der Waals surface area contributed by atoms with Crippen molar-refractivity contribution in [1.29, 1.82) is 0 Å². The molecule has 1 aromatic heterocycles. The minimum atomic E-state index is 0.237. The smallest absolute Gasteiger partial charge is 0.124 e. The molecule has 0 unspecified atom stereocenters. The highest BCUT2D eigenvalue weighted by molar-refractivity contribution is 7.09. The first kappa shape index (κ1) is 21.3. The van der Waals surface area contributed by atoms with Crippen molar-refractivity contribution in [3.63, 3.8) is 0 Å². The van der Waals surface area contributed by atoms with Crippen molar-refractivity contribution < 1.29 is 14.6 Å². The molecule has 1 N–H and O–H groups in total. The Bertz CT molecular complexity index is 708. The average Bonchev–Trinajstić information content (AvgIpc) is 3.22. The van der Waals surface area contributed by atoms with Crippen molar-refractivity contribution >= 4 is 11.3 Å². The van der Waals surface area contributed by atoms with Gasteiger partial charge in [0, 0.05) is 62.4 Å². The Labute approximate surface area is 172 Å². The van der Waals surface area contributed by atoms with Crippen LogP contribution in [-0.4, -0.2) is 60.9 Å². The molecular formula is C22H32N2O3S. The highest BCUT2D eigenvalue weighted by atomic mass is 32.1. The van der Waals surface area contributed by atoms with Crippen LogP contribution in [0.2, 0.25) is 0 Å². The van der Waals surface area contributed by atoms with E-state index in [2.05, 4.69) is 39.4 Å². The molecule has 6 heteroatoms. The Morgan fingerprint density at radius 2 is 2.11 bits per heavy atom. The third-order valence-electron chi connectivity index (χ3n) is 5.30. The molecule has 1 aromatic carbocycles. The first-order chi connectivity index (χ1) is 13.7. The number of ether oxygens (including phenoxy) is 2. The standard InChI is InChI=1S/C22H32N2O3S/c1-3-27-17-19-13-18(6-7-22(19)26-2)14-23-9-10-24(20(15-23)8-11-25)16-21-5-4-12-28-21/h4-7,12-13,20,25H,3,8-11,14-17H2,1-2H3/t20-/m0/s1. The van der Waals surface area contributed by atoms with E-state index >= 15 is 0 Å². The second kappa shape index (κ2) is 10.9. The van der Waals surface area contributed by atoms with Crippen LogP contribution in [-0.2, 0) is 24.4 Å². The predicted molar refractivity (Wildman–Crippen MR) is 114 cm³/mol. The third-order valence-corrected chi connectivity index (χ3v) is 6.16. The molecule has 5 nitrogen and oxygen atoms in total. The van der Waals surface area contributed by atoms with Gasteiger partial charge in [-0.1, -0.05) is 12.1 Å². The van der Waals surface area contributed by atoms with Gasteiger partial charge in [-0.05, 0) is 42.5 Å². The zero-order valence-electron chi connectivity index (χ0n) is 17.0. The molecule has 154 valence electrons. The first-order valence-electron chi connectivity index (χ1n) is 10.1. The summed E-state index contributed by atoms with van der Waals surface area (Å²) in [6.07, 6.45) is 0.820. The number of thiophene rings is 1. The summed E-state index contributed by atoms with van der Waals surface area (Å²) in [6, 6.07) is 11.1. The van der Waals surface area contributed by atoms with E-state index < -0.39 is 0 Å². The minimum Gasteiger partial charge on any atom is -0.496 e. The number of hydrogen-bond donors (Lipinski definition) is 1. The third kappa shape index (κ3) is 5.78. The molecule has 1 saturated heterocycles. The van der Waals surface area contributed by atoms with Crippen molar-refractivity contribution in [1.82, 2.24) is 9.80 Å². The second-order valence-corrected chi connectivity index (χ2v) is 8.27. The van der Waals surface area contributed by atoms with E-state index in [-0.39, 0.29) is 6.61 Å². The number of hydrogen-bond acceptors (Lipinski definition) is 6. The van der Waals surface area contributed by atoms with Crippen LogP contribution in [0.1, 0.15) is 29.3 Å². The lowest BCUT2D eigenvalue weighted by Gasteiger charge is -2.41. The summed E-state index contributed by atoms with van der Waals surface area (Å²) in [5.41, 5.74) is 2.38. The number of aliphatic hydroxyl groups is 1. The molecule has 1 aliphatic rings. The maximum absolute atomic E-state index is 9.54. The monoisotopic (exact) mass is 404 g/mol. The minimum absolute atomic E-state index is 0.237. The molecular weight excluding hydrogens is 372 g/mol. The van der Waals surface area contributed by atoms with Crippen LogP contribution in [0.3, 0.4) is 0 Å². The molecule has 0 radical (unpaired) electrons. The fraction of sp³-hybridized carbons (Fsp3) is 0.545. The molecule has 0 saturated carbocycles. The predicted octanol–water partition coefficient (Wildman–Crippen LogP) is 3.36. The number of aliphatic hydroxyl groups excluding tert-OH is 1. The largest absolute Gasteiger partial charge is 0.496 e. The van der Waals surface area contributed by atoms with E-state index in [4.69, 9.17) is 9.47 Å². The normalized spacial score (nSPS) is 18.5. The lowest BCUT2D eigenvalue weighted by molar-refractivity contribution is 0.0506. The Morgan fingerprint density at radius 3 is 2.82 bits per heavy atom. The molecule has 0 spiro atoms. The Morgan fingerprint density at radius 1 is 1.21 bits per heavy atom. The Hall–Kier alpha value is -1.44. The van der Waals surface area contributed by atoms with E-state index in [9.17, 15) is 5.11 Å². The quantitative estimate of drug-likeness (QED) is 0.658. The zero-order chi connectivity index (χ0) is 19.8. The topological polar surface area (TPSA) is 45.2 Å². The first-order valence-corrected chi connectivity index (χ1v) is 10.9. The zero-order valence-corrected chi connectivity index (χ0v) is 17.8. The van der Waals surface area contributed by atoms with Crippen LogP contribution in [0.5, 0.6) is 5.75 Å². The molecule has 3 rings (SSSR count). The molecule has 1 aliphatic heterocycles. The van der Waals surface area contributed by atoms with Crippen molar-refractivity contribution in [3.05, 3.63) is 51.7 Å². The fourth-order valence-corrected chi connectivity index (χ4v) is 4.58. The van der Waals surface area contributed by atoms with Crippen LogP contribution in [0.25, 0.3) is 0 Å². The van der Waals surface area contributed by atoms with Gasteiger partial charge >= 0.3 is 0 Å². The van der Waals surface area contributed by atoms with Crippen LogP contribution in [0.15, 0.2) is 35.7 Å². The van der Waals surface area contributed by atoms with Crippen LogP contribution >= 0.6 is 11.3 Å². The number of piperazine rings is 1. The van der Waals surface area contributed by atoms with Gasteiger partial charge in [0.05, 0.1) is 13.7 Å². The van der Waals surface area contributed by atoms with Gasteiger partial charge in [-0.3, -0.25) is 9.80 Å². The maximum atomic E-state index is 9.54. The SMILES string of the molecule is CCOCc1cc(CN2CCN(Cc3cccs3)[C@@H](CCO)C2)ccc1OC. The van der Waals surface area contributed by atoms with Gasteiger partial charge in [0.15, 0.2) is 0 Å². The summed E-state index contributed by atoms with van der Waals surface area (Å²) in [6.45, 7) is 8.48. The van der Waals surface area contributed by atoms with Gasteiger partial charge in [-0.25, -0.2) is 0 Å². The van der Waals surface area contributed by atoms with Gasteiger partial charge in [0.25, 0.3) is 0 Å². The number of methoxy groups -OCH3 is 1. The second-order valence-electron chi connectivity index (χ2n) is 7.23.